The van der Waals surface area contributed by atoms with Crippen LogP contribution in [0.5, 0.6) is 0 Å². The third-order valence-electron chi connectivity index (χ3n) is 3.93. The minimum atomic E-state index is -0.458. The fraction of sp³-hybridized carbons (Fsp3) is 0.167. The molecule has 29 heavy (non-hydrogen) atoms. The van der Waals surface area contributed by atoms with E-state index in [1.165, 1.54) is 23.9 Å². The van der Waals surface area contributed by atoms with Crippen LogP contribution < -0.4 is 5.32 Å². The lowest BCUT2D eigenvalue weighted by atomic mass is 10.2. The maximum Gasteiger partial charge on any atom is 0.269 e. The number of thioether (sulfide) groups is 1. The number of anilines is 1. The van der Waals surface area contributed by atoms with Gasteiger partial charge in [0.2, 0.25) is 5.91 Å². The SMILES string of the molecule is CCn1c(SCC(=O)Nc2cccc(Cl)c2Cl)nnc1-c1ccc([N+](=O)[O-])cc1. The highest BCUT2D eigenvalue weighted by molar-refractivity contribution is 7.99. The van der Waals surface area contributed by atoms with Crippen LogP contribution >= 0.6 is 35.0 Å². The highest BCUT2D eigenvalue weighted by Gasteiger charge is 2.16. The number of hydrogen-bond donors (Lipinski definition) is 1. The summed E-state index contributed by atoms with van der Waals surface area (Å²) in [6.07, 6.45) is 0. The Labute approximate surface area is 180 Å². The number of non-ortho nitro benzene ring substituents is 1. The van der Waals surface area contributed by atoms with Gasteiger partial charge in [-0.05, 0) is 31.2 Å². The van der Waals surface area contributed by atoms with E-state index in [1.807, 2.05) is 11.5 Å². The predicted molar refractivity (Wildman–Crippen MR) is 114 cm³/mol. The topological polar surface area (TPSA) is 103 Å². The van der Waals surface area contributed by atoms with Gasteiger partial charge in [-0.25, -0.2) is 0 Å². The fourth-order valence-corrected chi connectivity index (χ4v) is 3.69. The van der Waals surface area contributed by atoms with E-state index in [9.17, 15) is 14.9 Å². The second-order valence-corrected chi connectivity index (χ2v) is 7.52. The summed E-state index contributed by atoms with van der Waals surface area (Å²) in [5.41, 5.74) is 1.14. The Hall–Kier alpha value is -2.62. The van der Waals surface area contributed by atoms with Crippen molar-refractivity contribution in [3.8, 4) is 11.4 Å². The van der Waals surface area contributed by atoms with E-state index >= 15 is 0 Å². The Kier molecular flexibility index (Phi) is 6.73. The molecule has 11 heteroatoms. The number of nitro groups is 1. The summed E-state index contributed by atoms with van der Waals surface area (Å²) in [5, 5.41) is 23.0. The quantitative estimate of drug-likeness (QED) is 0.310. The third kappa shape index (κ3) is 4.87. The molecule has 0 saturated heterocycles. The van der Waals surface area contributed by atoms with Crippen LogP contribution in [-0.2, 0) is 11.3 Å². The van der Waals surface area contributed by atoms with Crippen LogP contribution in [0.1, 0.15) is 6.92 Å². The van der Waals surface area contributed by atoms with Crippen molar-refractivity contribution >= 4 is 52.2 Å². The molecule has 0 aliphatic heterocycles. The summed E-state index contributed by atoms with van der Waals surface area (Å²) >= 11 is 13.3. The predicted octanol–water partition coefficient (Wildman–Crippen LogP) is 4.91. The van der Waals surface area contributed by atoms with Crippen LogP contribution in [0.3, 0.4) is 0 Å². The molecule has 3 rings (SSSR count). The Bertz CT molecular complexity index is 1060. The zero-order valence-electron chi connectivity index (χ0n) is 15.1. The van der Waals surface area contributed by atoms with Gasteiger partial charge < -0.3 is 9.88 Å². The van der Waals surface area contributed by atoms with Gasteiger partial charge in [0.1, 0.15) is 0 Å². The van der Waals surface area contributed by atoms with Crippen molar-refractivity contribution in [1.29, 1.82) is 0 Å². The summed E-state index contributed by atoms with van der Waals surface area (Å²) < 4.78 is 1.84. The molecule has 0 bridgehead atoms. The van der Waals surface area contributed by atoms with Crippen LogP contribution in [0.25, 0.3) is 11.4 Å². The average molecular weight is 452 g/mol. The molecule has 150 valence electrons. The summed E-state index contributed by atoms with van der Waals surface area (Å²) in [7, 11) is 0. The molecule has 1 amide bonds. The van der Waals surface area contributed by atoms with E-state index in [-0.39, 0.29) is 22.4 Å². The van der Waals surface area contributed by atoms with Gasteiger partial charge in [0.15, 0.2) is 11.0 Å². The van der Waals surface area contributed by atoms with Gasteiger partial charge in [0, 0.05) is 24.2 Å². The third-order valence-corrected chi connectivity index (χ3v) is 5.71. The normalized spacial score (nSPS) is 10.7. The van der Waals surface area contributed by atoms with Crippen molar-refractivity contribution in [2.45, 2.75) is 18.6 Å². The number of nitro benzene ring substituents is 1. The molecule has 0 fully saturated rings. The summed E-state index contributed by atoms with van der Waals surface area (Å²) in [5.74, 6) is 0.409. The second kappa shape index (κ2) is 9.25. The molecular formula is C18H15Cl2N5O3S. The molecule has 8 nitrogen and oxygen atoms in total. The van der Waals surface area contributed by atoms with Crippen molar-refractivity contribution in [3.63, 3.8) is 0 Å². The maximum absolute atomic E-state index is 12.3. The number of nitrogens with zero attached hydrogens (tertiary/aromatic N) is 4. The first-order chi connectivity index (χ1) is 13.9. The van der Waals surface area contributed by atoms with Gasteiger partial charge in [0.05, 0.1) is 26.4 Å². The van der Waals surface area contributed by atoms with Crippen molar-refractivity contribution in [2.24, 2.45) is 0 Å². The molecule has 0 saturated carbocycles. The van der Waals surface area contributed by atoms with Crippen LogP contribution in [0.15, 0.2) is 47.6 Å². The van der Waals surface area contributed by atoms with Crippen molar-refractivity contribution in [2.75, 3.05) is 11.1 Å². The van der Waals surface area contributed by atoms with Gasteiger partial charge in [-0.15, -0.1) is 10.2 Å². The van der Waals surface area contributed by atoms with Crippen molar-refractivity contribution in [1.82, 2.24) is 14.8 Å². The van der Waals surface area contributed by atoms with Crippen LogP contribution in [0.2, 0.25) is 10.0 Å². The molecule has 0 radical (unpaired) electrons. The lowest BCUT2D eigenvalue weighted by Crippen LogP contribution is -2.15. The Morgan fingerprint density at radius 2 is 1.93 bits per heavy atom. The molecule has 0 unspecified atom stereocenters. The largest absolute Gasteiger partial charge is 0.324 e. The van der Waals surface area contributed by atoms with E-state index in [0.717, 1.165) is 0 Å². The summed E-state index contributed by atoms with van der Waals surface area (Å²) in [6, 6.07) is 11.1. The minimum absolute atomic E-state index is 0.00209. The molecule has 0 spiro atoms. The number of hydrogen-bond acceptors (Lipinski definition) is 6. The second-order valence-electron chi connectivity index (χ2n) is 5.79. The van der Waals surface area contributed by atoms with Crippen LogP contribution in [0, 0.1) is 10.1 Å². The summed E-state index contributed by atoms with van der Waals surface area (Å²) in [6.45, 7) is 2.50. The first-order valence-electron chi connectivity index (χ1n) is 8.45. The number of carbonyl (C=O) groups is 1. The average Bonchev–Trinajstić information content (AvgIpc) is 3.13. The molecular weight excluding hydrogens is 437 g/mol. The molecule has 0 atom stereocenters. The zero-order valence-corrected chi connectivity index (χ0v) is 17.5. The standard InChI is InChI=1S/C18H15Cl2N5O3S/c1-2-24-17(11-6-8-12(9-7-11)25(27)28)22-23-18(24)29-10-15(26)21-14-5-3-4-13(19)16(14)20/h3-9H,2,10H2,1H3,(H,21,26). The molecule has 0 aliphatic carbocycles. The van der Waals surface area contributed by atoms with E-state index in [0.29, 0.717) is 33.8 Å². The van der Waals surface area contributed by atoms with Gasteiger partial charge >= 0.3 is 0 Å². The number of amides is 1. The summed E-state index contributed by atoms with van der Waals surface area (Å²) in [4.78, 5) is 22.6. The number of nitrogens with one attached hydrogen (secondary N) is 1. The molecule has 1 aromatic heterocycles. The zero-order chi connectivity index (χ0) is 21.0. The van der Waals surface area contributed by atoms with E-state index in [2.05, 4.69) is 15.5 Å². The lowest BCUT2D eigenvalue weighted by Gasteiger charge is -2.09. The van der Waals surface area contributed by atoms with Crippen LogP contribution in [0.4, 0.5) is 11.4 Å². The first-order valence-corrected chi connectivity index (χ1v) is 10.2. The Morgan fingerprint density at radius 1 is 1.21 bits per heavy atom. The maximum atomic E-state index is 12.3. The molecule has 1 N–H and O–H groups in total. The minimum Gasteiger partial charge on any atom is -0.324 e. The van der Waals surface area contributed by atoms with Crippen molar-refractivity contribution < 1.29 is 9.72 Å². The van der Waals surface area contributed by atoms with Gasteiger partial charge in [-0.1, -0.05) is 41.0 Å². The number of carbonyl (C=O) groups excluding carboxylic acids is 1. The molecule has 0 aliphatic rings. The highest BCUT2D eigenvalue weighted by atomic mass is 35.5. The number of aromatic nitrogens is 3. The number of benzene rings is 2. The molecule has 3 aromatic rings. The molecule has 1 heterocycles. The first kappa shape index (κ1) is 21.1. The highest BCUT2D eigenvalue weighted by Crippen LogP contribution is 2.30. The van der Waals surface area contributed by atoms with E-state index < -0.39 is 4.92 Å². The van der Waals surface area contributed by atoms with E-state index in [1.54, 1.807) is 30.3 Å². The monoisotopic (exact) mass is 451 g/mol. The van der Waals surface area contributed by atoms with Crippen LogP contribution in [-0.4, -0.2) is 31.3 Å². The number of rotatable bonds is 7. The van der Waals surface area contributed by atoms with Crippen molar-refractivity contribution in [3.05, 3.63) is 62.6 Å². The fourth-order valence-electron chi connectivity index (χ4n) is 2.54. The molecule has 2 aromatic carbocycles. The Morgan fingerprint density at radius 3 is 2.59 bits per heavy atom. The van der Waals surface area contributed by atoms with E-state index in [4.69, 9.17) is 23.2 Å². The van der Waals surface area contributed by atoms with Gasteiger partial charge in [-0.3, -0.25) is 14.9 Å². The Balaban J connectivity index is 1.71. The smallest absolute Gasteiger partial charge is 0.269 e. The number of halogens is 2. The van der Waals surface area contributed by atoms with Gasteiger partial charge in [0.25, 0.3) is 5.69 Å². The van der Waals surface area contributed by atoms with Gasteiger partial charge in [-0.2, -0.15) is 0 Å². The lowest BCUT2D eigenvalue weighted by molar-refractivity contribution is -0.384.